The Morgan fingerprint density at radius 1 is 1.30 bits per heavy atom. The maximum absolute atomic E-state index is 12.3. The Kier molecular flexibility index (Phi) is 3.64. The standard InChI is InChI=1S/C18H19N3O2/c1-18(2)14-9-12(6-7-15(14)21(3)17(18)23)10-20-16(22)13-5-4-8-19-11-13/h4-9,11H,10H2,1-3H3,(H,20,22). The molecule has 0 fully saturated rings. The van der Waals surface area contributed by atoms with Crippen LogP contribution in [-0.2, 0) is 16.8 Å². The summed E-state index contributed by atoms with van der Waals surface area (Å²) in [4.78, 5) is 30.0. The van der Waals surface area contributed by atoms with Crippen LogP contribution < -0.4 is 10.2 Å². The molecular weight excluding hydrogens is 290 g/mol. The number of pyridine rings is 1. The number of benzene rings is 1. The van der Waals surface area contributed by atoms with Crippen LogP contribution in [0.1, 0.15) is 35.3 Å². The number of nitrogens with zero attached hydrogens (tertiary/aromatic N) is 2. The monoisotopic (exact) mass is 309 g/mol. The molecule has 2 amide bonds. The van der Waals surface area contributed by atoms with Crippen LogP contribution in [0.25, 0.3) is 0 Å². The first-order valence-electron chi connectivity index (χ1n) is 7.51. The molecule has 3 rings (SSSR count). The lowest BCUT2D eigenvalue weighted by Gasteiger charge is -2.16. The van der Waals surface area contributed by atoms with Gasteiger partial charge < -0.3 is 10.2 Å². The van der Waals surface area contributed by atoms with E-state index in [0.29, 0.717) is 12.1 Å². The van der Waals surface area contributed by atoms with E-state index in [1.54, 1.807) is 30.3 Å². The Morgan fingerprint density at radius 2 is 2.09 bits per heavy atom. The van der Waals surface area contributed by atoms with Crippen molar-refractivity contribution in [3.8, 4) is 0 Å². The molecule has 1 aromatic carbocycles. The van der Waals surface area contributed by atoms with Crippen LogP contribution in [0.15, 0.2) is 42.7 Å². The number of fused-ring (bicyclic) bond motifs is 1. The van der Waals surface area contributed by atoms with Crippen molar-refractivity contribution in [2.24, 2.45) is 0 Å². The predicted molar refractivity (Wildman–Crippen MR) is 88.3 cm³/mol. The van der Waals surface area contributed by atoms with Gasteiger partial charge in [0.25, 0.3) is 5.91 Å². The first-order valence-corrected chi connectivity index (χ1v) is 7.51. The molecule has 0 bridgehead atoms. The van der Waals surface area contributed by atoms with Crippen LogP contribution in [0.4, 0.5) is 5.69 Å². The largest absolute Gasteiger partial charge is 0.348 e. The minimum Gasteiger partial charge on any atom is -0.348 e. The number of hydrogen-bond acceptors (Lipinski definition) is 3. The average Bonchev–Trinajstić information content (AvgIpc) is 2.74. The number of carbonyl (C=O) groups excluding carboxylic acids is 2. The summed E-state index contributed by atoms with van der Waals surface area (Å²) in [7, 11) is 1.79. The van der Waals surface area contributed by atoms with E-state index in [2.05, 4.69) is 10.3 Å². The summed E-state index contributed by atoms with van der Waals surface area (Å²) >= 11 is 0. The molecule has 2 heterocycles. The molecule has 1 aliphatic rings. The normalized spacial score (nSPS) is 15.4. The summed E-state index contributed by atoms with van der Waals surface area (Å²) in [5, 5.41) is 2.88. The van der Waals surface area contributed by atoms with Gasteiger partial charge in [0.1, 0.15) is 0 Å². The second kappa shape index (κ2) is 5.50. The molecule has 0 radical (unpaired) electrons. The first kappa shape index (κ1) is 15.2. The van der Waals surface area contributed by atoms with Gasteiger partial charge in [-0.25, -0.2) is 0 Å². The summed E-state index contributed by atoms with van der Waals surface area (Å²) in [6.07, 6.45) is 3.17. The molecule has 118 valence electrons. The molecule has 5 heteroatoms. The molecule has 0 unspecified atom stereocenters. The summed E-state index contributed by atoms with van der Waals surface area (Å²) in [6, 6.07) is 9.33. The third kappa shape index (κ3) is 2.59. The van der Waals surface area contributed by atoms with E-state index in [-0.39, 0.29) is 11.8 Å². The lowest BCUT2D eigenvalue weighted by molar-refractivity contribution is -0.121. The molecule has 0 aliphatic carbocycles. The van der Waals surface area contributed by atoms with Crippen molar-refractivity contribution in [3.05, 3.63) is 59.4 Å². The number of rotatable bonds is 3. The highest BCUT2D eigenvalue weighted by atomic mass is 16.2. The maximum atomic E-state index is 12.3. The Balaban J connectivity index is 1.78. The lowest BCUT2D eigenvalue weighted by atomic mass is 9.85. The number of carbonyl (C=O) groups is 2. The molecule has 0 saturated carbocycles. The van der Waals surface area contributed by atoms with E-state index in [4.69, 9.17) is 0 Å². The van der Waals surface area contributed by atoms with Crippen molar-refractivity contribution < 1.29 is 9.59 Å². The predicted octanol–water partition coefficient (Wildman–Crippen LogP) is 2.27. The van der Waals surface area contributed by atoms with E-state index in [1.165, 1.54) is 6.20 Å². The number of nitrogens with one attached hydrogen (secondary N) is 1. The summed E-state index contributed by atoms with van der Waals surface area (Å²) in [5.74, 6) is -0.0740. The van der Waals surface area contributed by atoms with Crippen molar-refractivity contribution in [1.29, 1.82) is 0 Å². The fourth-order valence-electron chi connectivity index (χ4n) is 2.91. The fourth-order valence-corrected chi connectivity index (χ4v) is 2.91. The summed E-state index contributed by atoms with van der Waals surface area (Å²) in [5.41, 5.74) is 2.90. The SMILES string of the molecule is CN1C(=O)C(C)(C)c2cc(CNC(=O)c3cccnc3)ccc21. The van der Waals surface area contributed by atoms with Crippen molar-refractivity contribution in [2.45, 2.75) is 25.8 Å². The van der Waals surface area contributed by atoms with Crippen LogP contribution in [0.3, 0.4) is 0 Å². The van der Waals surface area contributed by atoms with Gasteiger partial charge in [0.05, 0.1) is 11.0 Å². The van der Waals surface area contributed by atoms with E-state index >= 15 is 0 Å². The van der Waals surface area contributed by atoms with Crippen LogP contribution in [0, 0.1) is 0 Å². The topological polar surface area (TPSA) is 62.3 Å². The van der Waals surface area contributed by atoms with Gasteiger partial charge in [0.15, 0.2) is 0 Å². The van der Waals surface area contributed by atoms with Gasteiger partial charge in [-0.2, -0.15) is 0 Å². The molecule has 0 atom stereocenters. The van der Waals surface area contributed by atoms with E-state index in [1.807, 2.05) is 32.0 Å². The second-order valence-electron chi connectivity index (χ2n) is 6.27. The molecule has 1 N–H and O–H groups in total. The Labute approximate surface area is 135 Å². The van der Waals surface area contributed by atoms with Crippen LogP contribution >= 0.6 is 0 Å². The first-order chi connectivity index (χ1) is 10.9. The fraction of sp³-hybridized carbons (Fsp3) is 0.278. The zero-order chi connectivity index (χ0) is 16.6. The summed E-state index contributed by atoms with van der Waals surface area (Å²) < 4.78 is 0. The molecular formula is C18H19N3O2. The van der Waals surface area contributed by atoms with Gasteiger partial charge in [0, 0.05) is 31.7 Å². The van der Waals surface area contributed by atoms with Crippen molar-refractivity contribution in [3.63, 3.8) is 0 Å². The van der Waals surface area contributed by atoms with Gasteiger partial charge in [0.2, 0.25) is 5.91 Å². The third-order valence-electron chi connectivity index (χ3n) is 4.31. The minimum absolute atomic E-state index is 0.0871. The Bertz CT molecular complexity index is 769. The zero-order valence-corrected chi connectivity index (χ0v) is 13.5. The molecule has 23 heavy (non-hydrogen) atoms. The highest BCUT2D eigenvalue weighted by Crippen LogP contribution is 2.40. The van der Waals surface area contributed by atoms with Crippen LogP contribution in [0.5, 0.6) is 0 Å². The number of likely N-dealkylation sites (N-methyl/N-ethyl adjacent to an activating group) is 1. The Morgan fingerprint density at radius 3 is 2.78 bits per heavy atom. The van der Waals surface area contributed by atoms with Gasteiger partial charge in [-0.3, -0.25) is 14.6 Å². The van der Waals surface area contributed by atoms with Gasteiger partial charge >= 0.3 is 0 Å². The van der Waals surface area contributed by atoms with E-state index < -0.39 is 5.41 Å². The highest BCUT2D eigenvalue weighted by Gasteiger charge is 2.42. The molecule has 0 saturated heterocycles. The van der Waals surface area contributed by atoms with Crippen molar-refractivity contribution in [2.75, 3.05) is 11.9 Å². The summed E-state index contributed by atoms with van der Waals surface area (Å²) in [6.45, 7) is 4.26. The zero-order valence-electron chi connectivity index (χ0n) is 13.5. The number of aromatic nitrogens is 1. The molecule has 5 nitrogen and oxygen atoms in total. The van der Waals surface area contributed by atoms with Crippen LogP contribution in [0.2, 0.25) is 0 Å². The number of anilines is 1. The van der Waals surface area contributed by atoms with Gasteiger partial charge in [-0.05, 0) is 43.2 Å². The van der Waals surface area contributed by atoms with Gasteiger partial charge in [-0.1, -0.05) is 12.1 Å². The Hall–Kier alpha value is -2.69. The number of hydrogen-bond donors (Lipinski definition) is 1. The maximum Gasteiger partial charge on any atom is 0.253 e. The van der Waals surface area contributed by atoms with Crippen molar-refractivity contribution in [1.82, 2.24) is 10.3 Å². The highest BCUT2D eigenvalue weighted by molar-refractivity contribution is 6.07. The van der Waals surface area contributed by atoms with E-state index in [0.717, 1.165) is 16.8 Å². The molecule has 1 aliphatic heterocycles. The smallest absolute Gasteiger partial charge is 0.253 e. The molecule has 2 aromatic rings. The molecule has 0 spiro atoms. The lowest BCUT2D eigenvalue weighted by Crippen LogP contribution is -2.33. The van der Waals surface area contributed by atoms with Crippen LogP contribution in [-0.4, -0.2) is 23.8 Å². The number of amides is 2. The average molecular weight is 309 g/mol. The minimum atomic E-state index is -0.534. The van der Waals surface area contributed by atoms with Gasteiger partial charge in [-0.15, -0.1) is 0 Å². The third-order valence-corrected chi connectivity index (χ3v) is 4.31. The second-order valence-corrected chi connectivity index (χ2v) is 6.27. The molecule has 1 aromatic heterocycles. The van der Waals surface area contributed by atoms with E-state index in [9.17, 15) is 9.59 Å². The quantitative estimate of drug-likeness (QED) is 0.946. The van der Waals surface area contributed by atoms with Crippen molar-refractivity contribution >= 4 is 17.5 Å².